The van der Waals surface area contributed by atoms with Crippen LogP contribution < -0.4 is 5.63 Å². The third-order valence-electron chi connectivity index (χ3n) is 3.78. The van der Waals surface area contributed by atoms with E-state index >= 15 is 0 Å². The number of hydrogen-bond donors (Lipinski definition) is 1. The van der Waals surface area contributed by atoms with E-state index in [1.807, 2.05) is 0 Å². The van der Waals surface area contributed by atoms with Gasteiger partial charge in [-0.3, -0.25) is 9.69 Å². The lowest BCUT2D eigenvalue weighted by Gasteiger charge is -2.26. The number of Topliss-reactive ketones (excluding diaryl/α,β-unsaturated/α-hetero) is 1. The van der Waals surface area contributed by atoms with E-state index in [0.717, 1.165) is 13.1 Å². The van der Waals surface area contributed by atoms with Crippen molar-refractivity contribution in [1.29, 1.82) is 0 Å². The number of phenolic OH excluding ortho intramolecular Hbond substituents is 1. The van der Waals surface area contributed by atoms with Gasteiger partial charge in [-0.2, -0.15) is 0 Å². The monoisotopic (exact) mass is 339 g/mol. The zero-order valence-electron chi connectivity index (χ0n) is 12.5. The molecule has 1 saturated heterocycles. The molecule has 1 aliphatic heterocycles. The van der Waals surface area contributed by atoms with E-state index in [9.17, 15) is 14.7 Å². The molecule has 0 radical (unpaired) electrons. The molecular formula is C16H18ClNO5. The predicted octanol–water partition coefficient (Wildman–Crippen LogP) is 1.83. The highest BCUT2D eigenvalue weighted by atomic mass is 35.5. The van der Waals surface area contributed by atoms with Gasteiger partial charge >= 0.3 is 5.63 Å². The van der Waals surface area contributed by atoms with Gasteiger partial charge in [0.2, 0.25) is 0 Å². The highest BCUT2D eigenvalue weighted by Gasteiger charge is 2.16. The quantitative estimate of drug-likeness (QED) is 0.676. The van der Waals surface area contributed by atoms with Gasteiger partial charge in [0.15, 0.2) is 5.78 Å². The summed E-state index contributed by atoms with van der Waals surface area (Å²) in [5, 5.41) is 10.0. The third kappa shape index (κ3) is 4.10. The average Bonchev–Trinajstić information content (AvgIpc) is 2.53. The van der Waals surface area contributed by atoms with E-state index in [1.54, 1.807) is 6.07 Å². The van der Waals surface area contributed by atoms with Gasteiger partial charge in [0.25, 0.3) is 0 Å². The van der Waals surface area contributed by atoms with Crippen molar-refractivity contribution in [2.24, 2.45) is 0 Å². The Morgan fingerprint density at radius 3 is 2.70 bits per heavy atom. The fourth-order valence-corrected chi connectivity index (χ4v) is 2.51. The Balaban J connectivity index is 0.00000192. The molecule has 0 bridgehead atoms. The van der Waals surface area contributed by atoms with Gasteiger partial charge in [-0.15, -0.1) is 12.4 Å². The maximum atomic E-state index is 12.3. The molecule has 3 rings (SSSR count). The van der Waals surface area contributed by atoms with Crippen LogP contribution >= 0.6 is 12.4 Å². The van der Waals surface area contributed by atoms with Crippen molar-refractivity contribution >= 4 is 29.2 Å². The van der Waals surface area contributed by atoms with E-state index in [-0.39, 0.29) is 41.5 Å². The largest absolute Gasteiger partial charge is 0.508 e. The number of fused-ring (bicyclic) bond motifs is 1. The molecule has 7 heteroatoms. The van der Waals surface area contributed by atoms with Gasteiger partial charge in [-0.05, 0) is 18.2 Å². The van der Waals surface area contributed by atoms with Crippen LogP contribution in [0.2, 0.25) is 0 Å². The number of aromatic hydroxyl groups is 1. The van der Waals surface area contributed by atoms with Gasteiger partial charge < -0.3 is 14.3 Å². The number of benzene rings is 1. The maximum Gasteiger partial charge on any atom is 0.347 e. The Labute approximate surface area is 139 Å². The van der Waals surface area contributed by atoms with Crippen molar-refractivity contribution in [3.8, 4) is 5.75 Å². The highest BCUT2D eigenvalue weighted by Crippen LogP contribution is 2.19. The molecule has 1 aromatic carbocycles. The summed E-state index contributed by atoms with van der Waals surface area (Å²) < 4.78 is 10.4. The predicted molar refractivity (Wildman–Crippen MR) is 87.6 cm³/mol. The molecule has 6 nitrogen and oxygen atoms in total. The van der Waals surface area contributed by atoms with Crippen molar-refractivity contribution in [2.75, 3.05) is 32.8 Å². The Morgan fingerprint density at radius 2 is 1.96 bits per heavy atom. The summed E-state index contributed by atoms with van der Waals surface area (Å²) in [4.78, 5) is 26.3. The van der Waals surface area contributed by atoms with Crippen LogP contribution in [0.1, 0.15) is 16.8 Å². The van der Waals surface area contributed by atoms with Crippen molar-refractivity contribution in [2.45, 2.75) is 6.42 Å². The third-order valence-corrected chi connectivity index (χ3v) is 3.78. The molecule has 0 aliphatic carbocycles. The van der Waals surface area contributed by atoms with Crippen LogP contribution in [0.15, 0.2) is 33.5 Å². The molecule has 0 unspecified atom stereocenters. The molecule has 0 amide bonds. The van der Waals surface area contributed by atoms with Crippen LogP contribution in [-0.2, 0) is 4.74 Å². The minimum atomic E-state index is -0.662. The summed E-state index contributed by atoms with van der Waals surface area (Å²) in [6.45, 7) is 3.57. The number of carbonyl (C=O) groups is 1. The topological polar surface area (TPSA) is 80.0 Å². The van der Waals surface area contributed by atoms with Gasteiger partial charge in [0.05, 0.1) is 13.2 Å². The molecule has 1 N–H and O–H groups in total. The number of hydrogen-bond acceptors (Lipinski definition) is 6. The molecule has 23 heavy (non-hydrogen) atoms. The second kappa shape index (κ2) is 7.59. The highest BCUT2D eigenvalue weighted by molar-refractivity contribution is 5.98. The van der Waals surface area contributed by atoms with Gasteiger partial charge in [0.1, 0.15) is 16.9 Å². The van der Waals surface area contributed by atoms with Crippen LogP contribution in [0.3, 0.4) is 0 Å². The van der Waals surface area contributed by atoms with Crippen molar-refractivity contribution < 1.29 is 19.1 Å². The number of morpholine rings is 1. The van der Waals surface area contributed by atoms with Crippen LogP contribution in [0.5, 0.6) is 5.75 Å². The SMILES string of the molecule is Cl.O=C(CCN1CCOCC1)c1cc2ccc(O)cc2oc1=O. The number of phenols is 1. The number of ether oxygens (including phenoxy) is 1. The second-order valence-corrected chi connectivity index (χ2v) is 5.30. The standard InChI is InChI=1S/C16H17NO5.ClH/c18-12-2-1-11-9-13(16(20)22-15(11)10-12)14(19)3-4-17-5-7-21-8-6-17;/h1-2,9-10,18H,3-8H2;1H. The lowest BCUT2D eigenvalue weighted by atomic mass is 10.1. The van der Waals surface area contributed by atoms with Gasteiger partial charge in [-0.1, -0.05) is 0 Å². The number of carbonyl (C=O) groups excluding carboxylic acids is 1. The fraction of sp³-hybridized carbons (Fsp3) is 0.375. The molecule has 0 spiro atoms. The molecule has 124 valence electrons. The van der Waals surface area contributed by atoms with E-state index < -0.39 is 5.63 Å². The van der Waals surface area contributed by atoms with E-state index in [1.165, 1.54) is 18.2 Å². The summed E-state index contributed by atoms with van der Waals surface area (Å²) in [5.41, 5.74) is -0.328. The molecule has 1 aromatic heterocycles. The maximum absolute atomic E-state index is 12.3. The molecule has 1 fully saturated rings. The molecule has 2 aromatic rings. The Hall–Kier alpha value is -1.89. The summed E-state index contributed by atoms with van der Waals surface area (Å²) in [5.74, 6) is -0.211. The summed E-state index contributed by atoms with van der Waals surface area (Å²) in [6.07, 6.45) is 0.272. The van der Waals surface area contributed by atoms with Crippen molar-refractivity contribution in [1.82, 2.24) is 4.90 Å². The number of ketones is 1. The smallest absolute Gasteiger partial charge is 0.347 e. The first-order valence-corrected chi connectivity index (χ1v) is 7.24. The number of halogens is 1. The van der Waals surface area contributed by atoms with Crippen LogP contribution in [0, 0.1) is 0 Å². The Bertz CT molecular complexity index is 752. The zero-order valence-corrected chi connectivity index (χ0v) is 13.3. The van der Waals surface area contributed by atoms with Crippen molar-refractivity contribution in [3.05, 3.63) is 40.2 Å². The van der Waals surface area contributed by atoms with Gasteiger partial charge in [0, 0.05) is 37.5 Å². The fourth-order valence-electron chi connectivity index (χ4n) is 2.51. The normalized spacial score (nSPS) is 15.3. The van der Waals surface area contributed by atoms with Gasteiger partial charge in [-0.25, -0.2) is 4.79 Å². The lowest BCUT2D eigenvalue weighted by molar-refractivity contribution is 0.0370. The van der Waals surface area contributed by atoms with Crippen LogP contribution in [-0.4, -0.2) is 48.6 Å². The van der Waals surface area contributed by atoms with Crippen LogP contribution in [0.4, 0.5) is 0 Å². The second-order valence-electron chi connectivity index (χ2n) is 5.30. The molecule has 2 heterocycles. The first kappa shape index (κ1) is 17.5. The summed E-state index contributed by atoms with van der Waals surface area (Å²) >= 11 is 0. The molecule has 0 saturated carbocycles. The molecule has 1 aliphatic rings. The Kier molecular flexibility index (Phi) is 5.76. The minimum absolute atomic E-state index is 0. The van der Waals surface area contributed by atoms with Crippen molar-refractivity contribution in [3.63, 3.8) is 0 Å². The summed E-state index contributed by atoms with van der Waals surface area (Å²) in [7, 11) is 0. The average molecular weight is 340 g/mol. The first-order chi connectivity index (χ1) is 10.6. The molecule has 0 atom stereocenters. The van der Waals surface area contributed by atoms with Crippen LogP contribution in [0.25, 0.3) is 11.0 Å². The Morgan fingerprint density at radius 1 is 1.22 bits per heavy atom. The number of nitrogens with zero attached hydrogens (tertiary/aromatic N) is 1. The first-order valence-electron chi connectivity index (χ1n) is 7.24. The summed E-state index contributed by atoms with van der Waals surface area (Å²) in [6, 6.07) is 6.00. The van der Waals surface area contributed by atoms with E-state index in [2.05, 4.69) is 4.90 Å². The van der Waals surface area contributed by atoms with E-state index in [4.69, 9.17) is 9.15 Å². The number of rotatable bonds is 4. The minimum Gasteiger partial charge on any atom is -0.508 e. The lowest BCUT2D eigenvalue weighted by Crippen LogP contribution is -2.37. The van der Waals surface area contributed by atoms with E-state index in [0.29, 0.717) is 25.1 Å². The zero-order chi connectivity index (χ0) is 15.5. The molecular weight excluding hydrogens is 322 g/mol.